The van der Waals surface area contributed by atoms with Crippen molar-refractivity contribution in [1.29, 1.82) is 5.26 Å². The standard InChI is InChI=1S/C19H16F2N2O/c1-11-7-12(2)18(13(3)8-11)23-19(24)15(10-22)9-14-5-4-6-16(20)17(14)21/h4-9H,1-3H3,(H,23,24)/b15-9-. The fourth-order valence-electron chi connectivity index (χ4n) is 2.49. The number of rotatable bonds is 3. The van der Waals surface area contributed by atoms with E-state index in [2.05, 4.69) is 5.32 Å². The molecule has 1 amide bonds. The van der Waals surface area contributed by atoms with Crippen LogP contribution >= 0.6 is 0 Å². The minimum atomic E-state index is -1.10. The molecule has 2 rings (SSSR count). The number of amides is 1. The molecule has 0 aliphatic heterocycles. The third-order valence-electron chi connectivity index (χ3n) is 3.56. The Morgan fingerprint density at radius 1 is 1.17 bits per heavy atom. The molecule has 0 heterocycles. The fourth-order valence-corrected chi connectivity index (χ4v) is 2.49. The summed E-state index contributed by atoms with van der Waals surface area (Å²) in [5.74, 6) is -2.80. The lowest BCUT2D eigenvalue weighted by molar-refractivity contribution is -0.112. The van der Waals surface area contributed by atoms with Gasteiger partial charge in [0.15, 0.2) is 11.6 Å². The number of hydrogen-bond donors (Lipinski definition) is 1. The van der Waals surface area contributed by atoms with E-state index in [0.29, 0.717) is 5.69 Å². The second-order valence-electron chi connectivity index (χ2n) is 5.54. The summed E-state index contributed by atoms with van der Waals surface area (Å²) in [7, 11) is 0. The number of aryl methyl sites for hydroxylation is 3. The van der Waals surface area contributed by atoms with Gasteiger partial charge in [0.25, 0.3) is 5.91 Å². The van der Waals surface area contributed by atoms with E-state index in [1.807, 2.05) is 32.9 Å². The van der Waals surface area contributed by atoms with Crippen molar-refractivity contribution in [2.24, 2.45) is 0 Å². The molecule has 1 N–H and O–H groups in total. The van der Waals surface area contributed by atoms with E-state index < -0.39 is 17.5 Å². The van der Waals surface area contributed by atoms with Gasteiger partial charge in [-0.25, -0.2) is 8.78 Å². The first-order valence-electron chi connectivity index (χ1n) is 7.28. The Kier molecular flexibility index (Phi) is 5.10. The zero-order valence-electron chi connectivity index (χ0n) is 13.6. The topological polar surface area (TPSA) is 52.9 Å². The molecule has 0 fully saturated rings. The van der Waals surface area contributed by atoms with Crippen LogP contribution in [-0.2, 0) is 4.79 Å². The molecular formula is C19H16F2N2O. The number of halogens is 2. The monoisotopic (exact) mass is 326 g/mol. The summed E-state index contributed by atoms with van der Waals surface area (Å²) in [6.07, 6.45) is 1.03. The summed E-state index contributed by atoms with van der Waals surface area (Å²) in [4.78, 5) is 12.3. The smallest absolute Gasteiger partial charge is 0.266 e. The van der Waals surface area contributed by atoms with E-state index in [1.165, 1.54) is 12.1 Å². The number of benzene rings is 2. The van der Waals surface area contributed by atoms with Gasteiger partial charge in [-0.15, -0.1) is 0 Å². The molecule has 0 spiro atoms. The van der Waals surface area contributed by atoms with E-state index in [9.17, 15) is 18.8 Å². The molecule has 0 bridgehead atoms. The van der Waals surface area contributed by atoms with Crippen LogP contribution in [0.4, 0.5) is 14.5 Å². The van der Waals surface area contributed by atoms with Gasteiger partial charge in [0, 0.05) is 11.3 Å². The Balaban J connectivity index is 2.36. The second-order valence-corrected chi connectivity index (χ2v) is 5.54. The minimum absolute atomic E-state index is 0.154. The number of anilines is 1. The van der Waals surface area contributed by atoms with Crippen LogP contribution < -0.4 is 5.32 Å². The van der Waals surface area contributed by atoms with Crippen molar-refractivity contribution in [1.82, 2.24) is 0 Å². The van der Waals surface area contributed by atoms with Gasteiger partial charge in [-0.05, 0) is 44.0 Å². The lowest BCUT2D eigenvalue weighted by atomic mass is 10.0. The maximum Gasteiger partial charge on any atom is 0.266 e. The van der Waals surface area contributed by atoms with Crippen LogP contribution in [0.3, 0.4) is 0 Å². The third kappa shape index (κ3) is 3.66. The number of carbonyl (C=O) groups excluding carboxylic acids is 1. The van der Waals surface area contributed by atoms with E-state index >= 15 is 0 Å². The van der Waals surface area contributed by atoms with Gasteiger partial charge < -0.3 is 5.32 Å². The predicted molar refractivity (Wildman–Crippen MR) is 89.2 cm³/mol. The summed E-state index contributed by atoms with van der Waals surface area (Å²) in [5.41, 5.74) is 2.91. The molecule has 2 aromatic carbocycles. The molecule has 0 aliphatic rings. The number of nitrogens with zero attached hydrogens (tertiary/aromatic N) is 1. The van der Waals surface area contributed by atoms with Crippen LogP contribution in [0, 0.1) is 43.7 Å². The molecule has 0 unspecified atom stereocenters. The third-order valence-corrected chi connectivity index (χ3v) is 3.56. The number of nitriles is 1. The number of carbonyl (C=O) groups is 1. The van der Waals surface area contributed by atoms with Crippen molar-refractivity contribution in [3.8, 4) is 6.07 Å². The summed E-state index contributed by atoms with van der Waals surface area (Å²) in [6, 6.07) is 9.12. The van der Waals surface area contributed by atoms with Gasteiger partial charge in [0.2, 0.25) is 0 Å². The highest BCUT2D eigenvalue weighted by atomic mass is 19.2. The summed E-state index contributed by atoms with van der Waals surface area (Å²) >= 11 is 0. The van der Waals surface area contributed by atoms with Crippen molar-refractivity contribution in [2.45, 2.75) is 20.8 Å². The largest absolute Gasteiger partial charge is 0.321 e. The average Bonchev–Trinajstić information content (AvgIpc) is 2.52. The molecule has 24 heavy (non-hydrogen) atoms. The fraction of sp³-hybridized carbons (Fsp3) is 0.158. The summed E-state index contributed by atoms with van der Waals surface area (Å²) < 4.78 is 26.9. The highest BCUT2D eigenvalue weighted by Gasteiger charge is 2.14. The van der Waals surface area contributed by atoms with Crippen LogP contribution in [-0.4, -0.2) is 5.91 Å². The normalized spacial score (nSPS) is 11.1. The van der Waals surface area contributed by atoms with Gasteiger partial charge in [-0.3, -0.25) is 4.79 Å². The molecule has 0 saturated carbocycles. The Hall–Kier alpha value is -3.00. The van der Waals surface area contributed by atoms with Crippen molar-refractivity contribution in [2.75, 3.05) is 5.32 Å². The van der Waals surface area contributed by atoms with Crippen LogP contribution in [0.15, 0.2) is 35.9 Å². The van der Waals surface area contributed by atoms with E-state index in [-0.39, 0.29) is 11.1 Å². The zero-order chi connectivity index (χ0) is 17.9. The lowest BCUT2D eigenvalue weighted by Gasteiger charge is -2.12. The molecule has 0 radical (unpaired) electrons. The first-order chi connectivity index (χ1) is 11.3. The Labute approximate surface area is 139 Å². The van der Waals surface area contributed by atoms with E-state index in [0.717, 1.165) is 28.8 Å². The van der Waals surface area contributed by atoms with Gasteiger partial charge in [-0.2, -0.15) is 5.26 Å². The van der Waals surface area contributed by atoms with Crippen molar-refractivity contribution < 1.29 is 13.6 Å². The summed E-state index contributed by atoms with van der Waals surface area (Å²) in [5, 5.41) is 11.8. The Bertz CT molecular complexity index is 856. The first-order valence-corrected chi connectivity index (χ1v) is 7.28. The molecule has 3 nitrogen and oxygen atoms in total. The highest BCUT2D eigenvalue weighted by Crippen LogP contribution is 2.23. The van der Waals surface area contributed by atoms with Crippen molar-refractivity contribution in [3.63, 3.8) is 0 Å². The predicted octanol–water partition coefficient (Wildman–Crippen LogP) is 4.44. The van der Waals surface area contributed by atoms with Gasteiger partial charge in [0.05, 0.1) is 0 Å². The summed E-state index contributed by atoms with van der Waals surface area (Å²) in [6.45, 7) is 5.63. The molecule has 0 aliphatic carbocycles. The Morgan fingerprint density at radius 3 is 2.38 bits per heavy atom. The lowest BCUT2D eigenvalue weighted by Crippen LogP contribution is -2.15. The molecule has 5 heteroatoms. The van der Waals surface area contributed by atoms with Crippen LogP contribution in [0.25, 0.3) is 6.08 Å². The van der Waals surface area contributed by atoms with Crippen molar-refractivity contribution in [3.05, 3.63) is 69.8 Å². The maximum absolute atomic E-state index is 13.7. The highest BCUT2D eigenvalue weighted by molar-refractivity contribution is 6.10. The van der Waals surface area contributed by atoms with Crippen LogP contribution in [0.1, 0.15) is 22.3 Å². The van der Waals surface area contributed by atoms with Crippen molar-refractivity contribution >= 4 is 17.7 Å². The zero-order valence-corrected chi connectivity index (χ0v) is 13.6. The van der Waals surface area contributed by atoms with E-state index in [4.69, 9.17) is 0 Å². The van der Waals surface area contributed by atoms with Gasteiger partial charge in [0.1, 0.15) is 11.6 Å². The van der Waals surface area contributed by atoms with Gasteiger partial charge in [-0.1, -0.05) is 29.8 Å². The molecule has 0 saturated heterocycles. The minimum Gasteiger partial charge on any atom is -0.321 e. The Morgan fingerprint density at radius 2 is 1.79 bits per heavy atom. The van der Waals surface area contributed by atoms with Crippen LogP contribution in [0.5, 0.6) is 0 Å². The quantitative estimate of drug-likeness (QED) is 0.670. The molecule has 0 atom stereocenters. The SMILES string of the molecule is Cc1cc(C)c(NC(=O)/C(C#N)=C\c2cccc(F)c2F)c(C)c1. The second kappa shape index (κ2) is 7.05. The first kappa shape index (κ1) is 17.4. The number of hydrogen-bond acceptors (Lipinski definition) is 2. The van der Waals surface area contributed by atoms with Crippen LogP contribution in [0.2, 0.25) is 0 Å². The van der Waals surface area contributed by atoms with E-state index in [1.54, 1.807) is 6.07 Å². The van der Waals surface area contributed by atoms with Gasteiger partial charge >= 0.3 is 0 Å². The maximum atomic E-state index is 13.7. The molecular weight excluding hydrogens is 310 g/mol. The average molecular weight is 326 g/mol. The molecule has 122 valence electrons. The molecule has 2 aromatic rings. The molecule has 0 aromatic heterocycles. The number of nitrogens with one attached hydrogen (secondary N) is 1.